The molecule has 5 nitrogen and oxygen atoms in total. The first-order valence-electron chi connectivity index (χ1n) is 7.86. The van der Waals surface area contributed by atoms with E-state index in [9.17, 15) is 13.2 Å². The van der Waals surface area contributed by atoms with Crippen LogP contribution in [0.3, 0.4) is 0 Å². The van der Waals surface area contributed by atoms with Crippen molar-refractivity contribution >= 4 is 38.9 Å². The number of halogens is 1. The van der Waals surface area contributed by atoms with Crippen LogP contribution < -0.4 is 9.62 Å². The van der Waals surface area contributed by atoms with Gasteiger partial charge in [0.1, 0.15) is 0 Å². The number of amides is 1. The molecule has 0 bridgehead atoms. The van der Waals surface area contributed by atoms with Crippen molar-refractivity contribution < 1.29 is 13.2 Å². The van der Waals surface area contributed by atoms with E-state index in [2.05, 4.69) is 5.32 Å². The molecule has 3 rings (SSSR count). The summed E-state index contributed by atoms with van der Waals surface area (Å²) in [5.74, 6) is -0.237. The van der Waals surface area contributed by atoms with Gasteiger partial charge in [-0.05, 0) is 67.8 Å². The molecule has 1 aliphatic rings. The Morgan fingerprint density at radius 2 is 1.96 bits per heavy atom. The lowest BCUT2D eigenvalue weighted by atomic mass is 10.1. The van der Waals surface area contributed by atoms with Gasteiger partial charge in [-0.2, -0.15) is 0 Å². The van der Waals surface area contributed by atoms with Crippen molar-refractivity contribution in [2.24, 2.45) is 0 Å². The van der Waals surface area contributed by atoms with E-state index in [-0.39, 0.29) is 11.9 Å². The molecule has 1 heterocycles. The molecule has 1 N–H and O–H groups in total. The van der Waals surface area contributed by atoms with Crippen molar-refractivity contribution in [1.29, 1.82) is 0 Å². The number of hydrogen-bond acceptors (Lipinski definition) is 3. The zero-order valence-corrected chi connectivity index (χ0v) is 15.8. The SMILES string of the molecule is Cc1cc(Cl)ccc1NC(=O)c1ccc2c(c1)C[C@@H](C)N2S(C)(=O)=O. The van der Waals surface area contributed by atoms with Gasteiger partial charge >= 0.3 is 0 Å². The van der Waals surface area contributed by atoms with Crippen LogP contribution in [-0.4, -0.2) is 26.6 Å². The molecule has 1 atom stereocenters. The van der Waals surface area contributed by atoms with Crippen molar-refractivity contribution in [2.45, 2.75) is 26.3 Å². The van der Waals surface area contributed by atoms with E-state index in [1.54, 1.807) is 36.4 Å². The van der Waals surface area contributed by atoms with Crippen LogP contribution in [0.2, 0.25) is 5.02 Å². The molecule has 132 valence electrons. The lowest BCUT2D eigenvalue weighted by molar-refractivity contribution is 0.102. The minimum atomic E-state index is -3.34. The summed E-state index contributed by atoms with van der Waals surface area (Å²) in [4.78, 5) is 12.5. The Kier molecular flexibility index (Phi) is 4.51. The quantitative estimate of drug-likeness (QED) is 0.887. The Labute approximate surface area is 152 Å². The molecule has 2 aromatic carbocycles. The van der Waals surface area contributed by atoms with Gasteiger partial charge in [-0.25, -0.2) is 8.42 Å². The summed E-state index contributed by atoms with van der Waals surface area (Å²) < 4.78 is 25.3. The molecule has 0 saturated heterocycles. The maximum Gasteiger partial charge on any atom is 0.255 e. The number of aryl methyl sites for hydroxylation is 1. The summed E-state index contributed by atoms with van der Waals surface area (Å²) in [6, 6.07) is 10.2. The highest BCUT2D eigenvalue weighted by atomic mass is 35.5. The van der Waals surface area contributed by atoms with Crippen LogP contribution in [0, 0.1) is 6.92 Å². The van der Waals surface area contributed by atoms with Gasteiger partial charge in [0.25, 0.3) is 5.91 Å². The van der Waals surface area contributed by atoms with Crippen molar-refractivity contribution in [3.63, 3.8) is 0 Å². The van der Waals surface area contributed by atoms with Crippen LogP contribution in [-0.2, 0) is 16.4 Å². The first-order chi connectivity index (χ1) is 11.7. The minimum absolute atomic E-state index is 0.151. The molecule has 0 spiro atoms. The third kappa shape index (κ3) is 3.50. The van der Waals surface area contributed by atoms with Crippen molar-refractivity contribution in [3.05, 3.63) is 58.1 Å². The topological polar surface area (TPSA) is 66.5 Å². The molecule has 7 heteroatoms. The summed E-state index contributed by atoms with van der Waals surface area (Å²) in [6.45, 7) is 3.73. The number of fused-ring (bicyclic) bond motifs is 1. The molecule has 0 fully saturated rings. The Morgan fingerprint density at radius 3 is 2.60 bits per heavy atom. The highest BCUT2D eigenvalue weighted by Gasteiger charge is 2.32. The van der Waals surface area contributed by atoms with Gasteiger partial charge in [-0.1, -0.05) is 11.6 Å². The van der Waals surface area contributed by atoms with Gasteiger partial charge in [0, 0.05) is 22.3 Å². The van der Waals surface area contributed by atoms with E-state index in [1.165, 1.54) is 10.6 Å². The number of carbonyl (C=O) groups is 1. The zero-order valence-electron chi connectivity index (χ0n) is 14.2. The Morgan fingerprint density at radius 1 is 1.24 bits per heavy atom. The molecule has 0 aliphatic carbocycles. The lowest BCUT2D eigenvalue weighted by Crippen LogP contribution is -2.34. The molecule has 0 radical (unpaired) electrons. The van der Waals surface area contributed by atoms with Crippen LogP contribution in [0.25, 0.3) is 0 Å². The van der Waals surface area contributed by atoms with Gasteiger partial charge in [0.15, 0.2) is 0 Å². The molecule has 0 aromatic heterocycles. The summed E-state index contributed by atoms with van der Waals surface area (Å²) in [6.07, 6.45) is 1.78. The standard InChI is InChI=1S/C18H19ClN2O3S/c1-11-8-15(19)5-6-16(11)20-18(22)13-4-7-17-14(10-13)9-12(2)21(17)25(3,23)24/h4-8,10,12H,9H2,1-3H3,(H,20,22)/t12-/m1/s1. The Balaban J connectivity index is 1.88. The van der Waals surface area contributed by atoms with E-state index in [4.69, 9.17) is 11.6 Å². The van der Waals surface area contributed by atoms with Crippen LogP contribution in [0.1, 0.15) is 28.4 Å². The highest BCUT2D eigenvalue weighted by Crippen LogP contribution is 2.34. The number of rotatable bonds is 3. The van der Waals surface area contributed by atoms with Crippen LogP contribution in [0.4, 0.5) is 11.4 Å². The van der Waals surface area contributed by atoms with E-state index < -0.39 is 10.0 Å². The summed E-state index contributed by atoms with van der Waals surface area (Å²) in [5.41, 5.74) is 3.57. The molecule has 1 amide bonds. The Bertz CT molecular complexity index is 957. The van der Waals surface area contributed by atoms with Crippen LogP contribution in [0.15, 0.2) is 36.4 Å². The fourth-order valence-electron chi connectivity index (χ4n) is 3.21. The van der Waals surface area contributed by atoms with Crippen LogP contribution >= 0.6 is 11.6 Å². The molecule has 2 aromatic rings. The van der Waals surface area contributed by atoms with Gasteiger partial charge < -0.3 is 5.32 Å². The summed E-state index contributed by atoms with van der Waals surface area (Å²) in [5, 5.41) is 3.48. The van der Waals surface area contributed by atoms with Gasteiger partial charge in [0.05, 0.1) is 11.9 Å². The number of anilines is 2. The van der Waals surface area contributed by atoms with E-state index in [0.29, 0.717) is 28.4 Å². The highest BCUT2D eigenvalue weighted by molar-refractivity contribution is 7.92. The minimum Gasteiger partial charge on any atom is -0.322 e. The first-order valence-corrected chi connectivity index (χ1v) is 10.1. The molecular formula is C18H19ClN2O3S. The van der Waals surface area contributed by atoms with E-state index >= 15 is 0 Å². The average Bonchev–Trinajstić information content (AvgIpc) is 2.84. The molecule has 1 aliphatic heterocycles. The summed E-state index contributed by atoms with van der Waals surface area (Å²) >= 11 is 5.93. The third-order valence-electron chi connectivity index (χ3n) is 4.29. The molecule has 25 heavy (non-hydrogen) atoms. The number of carbonyl (C=O) groups excluding carboxylic acids is 1. The van der Waals surface area contributed by atoms with Crippen molar-refractivity contribution in [1.82, 2.24) is 0 Å². The number of hydrogen-bond donors (Lipinski definition) is 1. The number of nitrogens with zero attached hydrogens (tertiary/aromatic N) is 1. The maximum atomic E-state index is 12.5. The largest absolute Gasteiger partial charge is 0.322 e. The second-order valence-electron chi connectivity index (χ2n) is 6.37. The van der Waals surface area contributed by atoms with Crippen molar-refractivity contribution in [2.75, 3.05) is 15.9 Å². The fourth-order valence-corrected chi connectivity index (χ4v) is 4.70. The van der Waals surface area contributed by atoms with Gasteiger partial charge in [0.2, 0.25) is 10.0 Å². The molecule has 0 saturated carbocycles. The monoisotopic (exact) mass is 378 g/mol. The molecular weight excluding hydrogens is 360 g/mol. The lowest BCUT2D eigenvalue weighted by Gasteiger charge is -2.21. The van der Waals surface area contributed by atoms with Crippen molar-refractivity contribution in [3.8, 4) is 0 Å². The predicted octanol–water partition coefficient (Wildman–Crippen LogP) is 3.61. The van der Waals surface area contributed by atoms with E-state index in [0.717, 1.165) is 11.1 Å². The number of nitrogens with one attached hydrogen (secondary N) is 1. The van der Waals surface area contributed by atoms with Gasteiger partial charge in [-0.15, -0.1) is 0 Å². The zero-order chi connectivity index (χ0) is 18.4. The molecule has 0 unspecified atom stereocenters. The normalized spacial score (nSPS) is 16.6. The third-order valence-corrected chi connectivity index (χ3v) is 5.80. The smallest absolute Gasteiger partial charge is 0.255 e. The Hall–Kier alpha value is -2.05. The first kappa shape index (κ1) is 17.8. The number of benzene rings is 2. The maximum absolute atomic E-state index is 12.5. The second-order valence-corrected chi connectivity index (χ2v) is 8.66. The van der Waals surface area contributed by atoms with Crippen LogP contribution in [0.5, 0.6) is 0 Å². The fraction of sp³-hybridized carbons (Fsp3) is 0.278. The number of sulfonamides is 1. The second kappa shape index (κ2) is 6.35. The summed E-state index contributed by atoms with van der Waals surface area (Å²) in [7, 11) is -3.34. The van der Waals surface area contributed by atoms with E-state index in [1.807, 2.05) is 13.8 Å². The predicted molar refractivity (Wildman–Crippen MR) is 101 cm³/mol. The average molecular weight is 379 g/mol. The van der Waals surface area contributed by atoms with Gasteiger partial charge in [-0.3, -0.25) is 9.10 Å².